The Morgan fingerprint density at radius 1 is 1.50 bits per heavy atom. The van der Waals surface area contributed by atoms with Gasteiger partial charge in [-0.15, -0.1) is 0 Å². The van der Waals surface area contributed by atoms with Gasteiger partial charge in [0.15, 0.2) is 11.5 Å². The molecule has 0 aromatic carbocycles. The van der Waals surface area contributed by atoms with Crippen LogP contribution in [0.2, 0.25) is 5.02 Å². The number of nitrogens with one attached hydrogen (secondary N) is 3. The Morgan fingerprint density at radius 3 is 3.05 bits per heavy atom. The van der Waals surface area contributed by atoms with E-state index in [4.69, 9.17) is 26.2 Å². The zero-order chi connectivity index (χ0) is 14.4. The lowest BCUT2D eigenvalue weighted by molar-refractivity contribution is 0.210. The highest BCUT2D eigenvalue weighted by Gasteiger charge is 2.15. The Morgan fingerprint density at radius 2 is 2.35 bits per heavy atom. The quantitative estimate of drug-likeness (QED) is 0.403. The summed E-state index contributed by atoms with van der Waals surface area (Å²) in [5.74, 6) is 1.07. The second kappa shape index (κ2) is 6.92. The maximum Gasteiger partial charge on any atom is 0.202 e. The summed E-state index contributed by atoms with van der Waals surface area (Å²) in [5.41, 5.74) is 0.291. The number of ether oxygens (including phenoxy) is 1. The number of rotatable bonds is 7. The lowest BCUT2D eigenvalue weighted by Gasteiger charge is -2.05. The van der Waals surface area contributed by atoms with Gasteiger partial charge in [-0.3, -0.25) is 5.41 Å². The minimum absolute atomic E-state index is 0.0682. The first-order valence-corrected chi connectivity index (χ1v) is 6.19. The standard InChI is InChI=1S/C11H14ClN5O3/c1-18-3-2-14-11-9(16-20-17-11)10(13)15-5-8-4-7(12)6-19-8/h4,6H,2-3,5H2,1H3,(H2,13,15)(H,14,17). The van der Waals surface area contributed by atoms with E-state index < -0.39 is 0 Å². The van der Waals surface area contributed by atoms with Gasteiger partial charge in [0.05, 0.1) is 18.2 Å². The molecule has 0 aliphatic rings. The predicted molar refractivity (Wildman–Crippen MR) is 72.1 cm³/mol. The maximum absolute atomic E-state index is 7.90. The molecule has 0 atom stereocenters. The average molecular weight is 300 g/mol. The van der Waals surface area contributed by atoms with Gasteiger partial charge in [0, 0.05) is 19.7 Å². The molecule has 2 rings (SSSR count). The van der Waals surface area contributed by atoms with Gasteiger partial charge in [0.1, 0.15) is 12.0 Å². The molecule has 0 bridgehead atoms. The van der Waals surface area contributed by atoms with Crippen LogP contribution in [0.1, 0.15) is 11.5 Å². The lowest BCUT2D eigenvalue weighted by Crippen LogP contribution is -2.24. The van der Waals surface area contributed by atoms with E-state index in [9.17, 15) is 0 Å². The summed E-state index contributed by atoms with van der Waals surface area (Å²) in [5, 5.41) is 21.6. The molecule has 2 heterocycles. The molecule has 0 unspecified atom stereocenters. The fourth-order valence-electron chi connectivity index (χ4n) is 1.45. The largest absolute Gasteiger partial charge is 0.466 e. The third-order valence-electron chi connectivity index (χ3n) is 2.39. The first-order valence-electron chi connectivity index (χ1n) is 5.81. The van der Waals surface area contributed by atoms with E-state index in [0.29, 0.717) is 42.0 Å². The van der Waals surface area contributed by atoms with Crippen LogP contribution in [0.3, 0.4) is 0 Å². The molecular formula is C11H14ClN5O3. The van der Waals surface area contributed by atoms with Gasteiger partial charge in [0.25, 0.3) is 0 Å². The molecule has 3 N–H and O–H groups in total. The number of amidine groups is 1. The number of hydrogen-bond donors (Lipinski definition) is 3. The smallest absolute Gasteiger partial charge is 0.202 e. The van der Waals surface area contributed by atoms with E-state index in [2.05, 4.69) is 25.6 Å². The molecule has 0 amide bonds. The Labute approximate surface area is 119 Å². The highest BCUT2D eigenvalue weighted by molar-refractivity contribution is 6.30. The molecular weight excluding hydrogens is 286 g/mol. The monoisotopic (exact) mass is 299 g/mol. The maximum atomic E-state index is 7.90. The van der Waals surface area contributed by atoms with Crippen LogP contribution in [-0.4, -0.2) is 36.4 Å². The van der Waals surface area contributed by atoms with Crippen molar-refractivity contribution in [2.75, 3.05) is 25.6 Å². The van der Waals surface area contributed by atoms with Gasteiger partial charge in [-0.05, 0) is 10.3 Å². The van der Waals surface area contributed by atoms with Crippen molar-refractivity contribution in [3.8, 4) is 0 Å². The summed E-state index contributed by atoms with van der Waals surface area (Å²) in [6, 6.07) is 1.67. The van der Waals surface area contributed by atoms with E-state index in [1.54, 1.807) is 13.2 Å². The molecule has 108 valence electrons. The van der Waals surface area contributed by atoms with Crippen molar-refractivity contribution < 1.29 is 13.8 Å². The molecule has 0 radical (unpaired) electrons. The lowest BCUT2D eigenvalue weighted by atomic mass is 10.3. The number of anilines is 1. The van der Waals surface area contributed by atoms with Crippen molar-refractivity contribution in [1.82, 2.24) is 15.6 Å². The molecule has 0 aliphatic carbocycles. The molecule has 2 aromatic rings. The Hall–Kier alpha value is -2.06. The zero-order valence-electron chi connectivity index (χ0n) is 10.8. The second-order valence-electron chi connectivity index (χ2n) is 3.84. The number of methoxy groups -OCH3 is 1. The molecule has 0 fully saturated rings. The van der Waals surface area contributed by atoms with Crippen LogP contribution in [0.25, 0.3) is 0 Å². The summed E-state index contributed by atoms with van der Waals surface area (Å²) >= 11 is 5.74. The van der Waals surface area contributed by atoms with Crippen molar-refractivity contribution in [1.29, 1.82) is 5.41 Å². The van der Waals surface area contributed by atoms with Gasteiger partial charge in [0.2, 0.25) is 5.82 Å². The van der Waals surface area contributed by atoms with Crippen LogP contribution in [-0.2, 0) is 11.3 Å². The summed E-state index contributed by atoms with van der Waals surface area (Å²) in [4.78, 5) is 0. The minimum atomic E-state index is 0.0682. The van der Waals surface area contributed by atoms with Crippen LogP contribution in [0.15, 0.2) is 21.4 Å². The van der Waals surface area contributed by atoms with Crippen LogP contribution >= 0.6 is 11.6 Å². The minimum Gasteiger partial charge on any atom is -0.466 e. The molecule has 0 aliphatic heterocycles. The van der Waals surface area contributed by atoms with Crippen molar-refractivity contribution in [3.63, 3.8) is 0 Å². The third kappa shape index (κ3) is 3.72. The van der Waals surface area contributed by atoms with E-state index in [1.165, 1.54) is 6.26 Å². The number of hydrogen-bond acceptors (Lipinski definition) is 7. The average Bonchev–Trinajstić information content (AvgIpc) is 3.05. The molecule has 0 saturated heterocycles. The molecule has 8 nitrogen and oxygen atoms in total. The van der Waals surface area contributed by atoms with Crippen molar-refractivity contribution >= 4 is 23.3 Å². The summed E-state index contributed by atoms with van der Waals surface area (Å²) in [7, 11) is 1.60. The van der Waals surface area contributed by atoms with E-state index in [0.717, 1.165) is 0 Å². The van der Waals surface area contributed by atoms with E-state index in [1.807, 2.05) is 0 Å². The summed E-state index contributed by atoms with van der Waals surface area (Å²) in [6.45, 7) is 1.37. The molecule has 2 aromatic heterocycles. The van der Waals surface area contributed by atoms with Crippen molar-refractivity contribution in [2.24, 2.45) is 0 Å². The summed E-state index contributed by atoms with van der Waals surface area (Å²) in [6.07, 6.45) is 1.43. The summed E-state index contributed by atoms with van der Waals surface area (Å²) < 4.78 is 14.7. The van der Waals surface area contributed by atoms with Crippen LogP contribution in [0.5, 0.6) is 0 Å². The molecule has 0 saturated carbocycles. The van der Waals surface area contributed by atoms with E-state index in [-0.39, 0.29) is 5.84 Å². The van der Waals surface area contributed by atoms with Gasteiger partial charge >= 0.3 is 0 Å². The van der Waals surface area contributed by atoms with Crippen LogP contribution < -0.4 is 10.6 Å². The third-order valence-corrected chi connectivity index (χ3v) is 2.58. The normalized spacial score (nSPS) is 10.5. The van der Waals surface area contributed by atoms with Crippen LogP contribution in [0, 0.1) is 5.41 Å². The molecule has 0 spiro atoms. The first-order chi connectivity index (χ1) is 9.70. The van der Waals surface area contributed by atoms with Crippen molar-refractivity contribution in [2.45, 2.75) is 6.54 Å². The number of aromatic nitrogens is 2. The highest BCUT2D eigenvalue weighted by Crippen LogP contribution is 2.13. The van der Waals surface area contributed by atoms with Gasteiger partial charge in [-0.25, -0.2) is 4.63 Å². The van der Waals surface area contributed by atoms with E-state index >= 15 is 0 Å². The Kier molecular flexibility index (Phi) is 4.97. The highest BCUT2D eigenvalue weighted by atomic mass is 35.5. The molecule has 20 heavy (non-hydrogen) atoms. The van der Waals surface area contributed by atoms with Gasteiger partial charge in [-0.1, -0.05) is 11.6 Å². The van der Waals surface area contributed by atoms with Crippen molar-refractivity contribution in [3.05, 3.63) is 28.8 Å². The predicted octanol–water partition coefficient (Wildman–Crippen LogP) is 1.49. The SMILES string of the molecule is COCCNc1nonc1C(=N)NCc1cc(Cl)co1. The van der Waals surface area contributed by atoms with Crippen LogP contribution in [0.4, 0.5) is 5.82 Å². The molecule has 9 heteroatoms. The number of nitrogens with zero attached hydrogens (tertiary/aromatic N) is 2. The fraction of sp³-hybridized carbons (Fsp3) is 0.364. The van der Waals surface area contributed by atoms with Gasteiger partial charge < -0.3 is 19.8 Å². The van der Waals surface area contributed by atoms with Gasteiger partial charge in [-0.2, -0.15) is 0 Å². The number of halogens is 1. The Bertz CT molecular complexity index is 568. The fourth-order valence-corrected chi connectivity index (χ4v) is 1.61. The number of furan rings is 1. The zero-order valence-corrected chi connectivity index (χ0v) is 11.5. The Balaban J connectivity index is 1.90. The first kappa shape index (κ1) is 14.4. The topological polar surface area (TPSA) is 109 Å². The second-order valence-corrected chi connectivity index (χ2v) is 4.28.